The maximum Gasteiger partial charge on any atom is 0.125 e. The lowest BCUT2D eigenvalue weighted by atomic mass is 9.80. The molecule has 104 valence electrons. The first-order valence-corrected chi connectivity index (χ1v) is 7.26. The largest absolute Gasteiger partial charge is 0.487 e. The molecule has 0 aliphatic carbocycles. The number of ether oxygens (including phenoxy) is 1. The number of aliphatic hydroxyl groups excluding tert-OH is 1. The monoisotopic (exact) mass is 261 g/mol. The number of aliphatic hydroxyl groups is 1. The van der Waals surface area contributed by atoms with E-state index in [1.807, 2.05) is 24.3 Å². The highest BCUT2D eigenvalue weighted by atomic mass is 16.5. The van der Waals surface area contributed by atoms with Crippen molar-refractivity contribution in [3.8, 4) is 5.75 Å². The Bertz CT molecular complexity index is 452. The van der Waals surface area contributed by atoms with Gasteiger partial charge in [-0.2, -0.15) is 0 Å². The summed E-state index contributed by atoms with van der Waals surface area (Å²) >= 11 is 0. The molecule has 3 rings (SSSR count). The van der Waals surface area contributed by atoms with Crippen LogP contribution < -0.4 is 4.74 Å². The van der Waals surface area contributed by atoms with E-state index in [0.717, 1.165) is 30.9 Å². The fourth-order valence-corrected chi connectivity index (χ4v) is 3.34. The van der Waals surface area contributed by atoms with Crippen molar-refractivity contribution in [2.24, 2.45) is 5.92 Å². The van der Waals surface area contributed by atoms with E-state index >= 15 is 0 Å². The molecular formula is C16H23NO2. The van der Waals surface area contributed by atoms with Gasteiger partial charge in [0.15, 0.2) is 0 Å². The third-order valence-electron chi connectivity index (χ3n) is 4.54. The molecule has 0 aromatic heterocycles. The summed E-state index contributed by atoms with van der Waals surface area (Å²) < 4.78 is 6.13. The Hall–Kier alpha value is -1.06. The first kappa shape index (κ1) is 12.9. The van der Waals surface area contributed by atoms with Crippen molar-refractivity contribution in [2.45, 2.75) is 38.4 Å². The number of likely N-dealkylation sites (tertiary alicyclic amines) is 1. The van der Waals surface area contributed by atoms with Crippen LogP contribution in [0.25, 0.3) is 0 Å². The molecule has 1 aromatic rings. The number of hydrogen-bond donors (Lipinski definition) is 1. The molecule has 0 saturated carbocycles. The van der Waals surface area contributed by atoms with Crippen LogP contribution in [0.2, 0.25) is 0 Å². The van der Waals surface area contributed by atoms with E-state index in [4.69, 9.17) is 4.74 Å². The van der Waals surface area contributed by atoms with Crippen LogP contribution in [0.1, 0.15) is 38.4 Å². The number of benzene rings is 1. The number of hydrogen-bond acceptors (Lipinski definition) is 3. The van der Waals surface area contributed by atoms with Gasteiger partial charge < -0.3 is 14.7 Å². The molecule has 1 aromatic carbocycles. The maximum atomic E-state index is 10.7. The predicted octanol–water partition coefficient (Wildman–Crippen LogP) is 2.60. The summed E-state index contributed by atoms with van der Waals surface area (Å²) in [6, 6.07) is 7.86. The second-order valence-electron chi connectivity index (χ2n) is 6.30. The molecule has 0 unspecified atom stereocenters. The zero-order chi connectivity index (χ0) is 13.5. The van der Waals surface area contributed by atoms with Crippen LogP contribution >= 0.6 is 0 Å². The van der Waals surface area contributed by atoms with Crippen molar-refractivity contribution in [2.75, 3.05) is 19.6 Å². The van der Waals surface area contributed by atoms with Crippen molar-refractivity contribution in [1.29, 1.82) is 0 Å². The van der Waals surface area contributed by atoms with Crippen LogP contribution in [0.3, 0.4) is 0 Å². The highest BCUT2D eigenvalue weighted by Crippen LogP contribution is 2.43. The van der Waals surface area contributed by atoms with Gasteiger partial charge in [-0.05, 0) is 45.8 Å². The first-order chi connectivity index (χ1) is 9.08. The third-order valence-corrected chi connectivity index (χ3v) is 4.54. The molecule has 0 spiro atoms. The Labute approximate surface area is 115 Å². The SMILES string of the molecule is CC1(C)Oc2ccccc2[C@@H](O)[C@@H]1CN1CCCC1. The summed E-state index contributed by atoms with van der Waals surface area (Å²) in [6.45, 7) is 7.41. The minimum atomic E-state index is -0.430. The lowest BCUT2D eigenvalue weighted by Crippen LogP contribution is -2.49. The molecule has 2 aliphatic rings. The number of fused-ring (bicyclic) bond motifs is 1. The van der Waals surface area contributed by atoms with Crippen molar-refractivity contribution in [1.82, 2.24) is 4.90 Å². The lowest BCUT2D eigenvalue weighted by Gasteiger charge is -2.44. The van der Waals surface area contributed by atoms with Crippen LogP contribution in [0, 0.1) is 5.92 Å². The van der Waals surface area contributed by atoms with Gasteiger partial charge in [-0.3, -0.25) is 0 Å². The molecule has 1 N–H and O–H groups in total. The average Bonchev–Trinajstić information content (AvgIpc) is 2.87. The zero-order valence-corrected chi connectivity index (χ0v) is 11.8. The van der Waals surface area contributed by atoms with Crippen LogP contribution in [0.4, 0.5) is 0 Å². The Morgan fingerprint density at radius 2 is 1.95 bits per heavy atom. The Balaban J connectivity index is 1.86. The molecule has 1 fully saturated rings. The third kappa shape index (κ3) is 2.37. The van der Waals surface area contributed by atoms with E-state index in [-0.39, 0.29) is 11.5 Å². The summed E-state index contributed by atoms with van der Waals surface area (Å²) in [5.41, 5.74) is 0.613. The van der Waals surface area contributed by atoms with E-state index in [1.54, 1.807) is 0 Å². The second-order valence-corrected chi connectivity index (χ2v) is 6.30. The van der Waals surface area contributed by atoms with Gasteiger partial charge in [0.25, 0.3) is 0 Å². The number of rotatable bonds is 2. The predicted molar refractivity (Wildman–Crippen MR) is 75.3 cm³/mol. The van der Waals surface area contributed by atoms with E-state index < -0.39 is 6.10 Å². The first-order valence-electron chi connectivity index (χ1n) is 7.26. The molecule has 3 heteroatoms. The topological polar surface area (TPSA) is 32.7 Å². The van der Waals surface area contributed by atoms with Crippen molar-refractivity contribution in [3.05, 3.63) is 29.8 Å². The molecule has 2 aliphatic heterocycles. The summed E-state index contributed by atoms with van der Waals surface area (Å²) in [7, 11) is 0. The second kappa shape index (κ2) is 4.80. The summed E-state index contributed by atoms with van der Waals surface area (Å²) in [6.07, 6.45) is 2.13. The molecule has 0 amide bonds. The molecule has 0 bridgehead atoms. The van der Waals surface area contributed by atoms with Gasteiger partial charge in [0.05, 0.1) is 6.10 Å². The van der Waals surface area contributed by atoms with Crippen LogP contribution in [-0.4, -0.2) is 35.2 Å². The van der Waals surface area contributed by atoms with Crippen molar-refractivity contribution < 1.29 is 9.84 Å². The molecule has 2 atom stereocenters. The fourth-order valence-electron chi connectivity index (χ4n) is 3.34. The Kier molecular flexibility index (Phi) is 3.27. The Morgan fingerprint density at radius 3 is 2.68 bits per heavy atom. The van der Waals surface area contributed by atoms with Crippen LogP contribution in [0.15, 0.2) is 24.3 Å². The molecule has 19 heavy (non-hydrogen) atoms. The van der Waals surface area contributed by atoms with Gasteiger partial charge in [0, 0.05) is 18.0 Å². The summed E-state index contributed by atoms with van der Waals surface area (Å²) in [5.74, 6) is 0.957. The summed E-state index contributed by atoms with van der Waals surface area (Å²) in [5, 5.41) is 10.7. The average molecular weight is 261 g/mol. The Morgan fingerprint density at radius 1 is 1.26 bits per heavy atom. The molecule has 3 nitrogen and oxygen atoms in total. The van der Waals surface area contributed by atoms with Crippen molar-refractivity contribution in [3.63, 3.8) is 0 Å². The smallest absolute Gasteiger partial charge is 0.125 e. The van der Waals surface area contributed by atoms with Gasteiger partial charge in [0.1, 0.15) is 11.4 Å². The highest BCUT2D eigenvalue weighted by Gasteiger charge is 2.43. The van der Waals surface area contributed by atoms with E-state index in [1.165, 1.54) is 12.8 Å². The quantitative estimate of drug-likeness (QED) is 0.888. The van der Waals surface area contributed by atoms with E-state index in [9.17, 15) is 5.11 Å². The van der Waals surface area contributed by atoms with Gasteiger partial charge in [-0.25, -0.2) is 0 Å². The number of nitrogens with zero attached hydrogens (tertiary/aromatic N) is 1. The maximum absolute atomic E-state index is 10.7. The van der Waals surface area contributed by atoms with Gasteiger partial charge >= 0.3 is 0 Å². The van der Waals surface area contributed by atoms with Gasteiger partial charge in [-0.15, -0.1) is 0 Å². The molecule has 2 heterocycles. The molecular weight excluding hydrogens is 238 g/mol. The minimum Gasteiger partial charge on any atom is -0.487 e. The van der Waals surface area contributed by atoms with Gasteiger partial charge in [0.2, 0.25) is 0 Å². The number of para-hydroxylation sites is 1. The minimum absolute atomic E-state index is 0.125. The highest BCUT2D eigenvalue weighted by molar-refractivity contribution is 5.38. The van der Waals surface area contributed by atoms with Gasteiger partial charge in [-0.1, -0.05) is 18.2 Å². The fraction of sp³-hybridized carbons (Fsp3) is 0.625. The van der Waals surface area contributed by atoms with Crippen molar-refractivity contribution >= 4 is 0 Å². The zero-order valence-electron chi connectivity index (χ0n) is 11.8. The van der Waals surface area contributed by atoms with E-state index in [0.29, 0.717) is 0 Å². The molecule has 0 radical (unpaired) electrons. The normalized spacial score (nSPS) is 29.8. The standard InChI is InChI=1S/C16H23NO2/c1-16(2)13(11-17-9-5-6-10-17)15(18)12-7-3-4-8-14(12)19-16/h3-4,7-8,13,15,18H,5-6,9-11H2,1-2H3/t13-,15+/m0/s1. The summed E-state index contributed by atoms with van der Waals surface area (Å²) in [4.78, 5) is 2.45. The molecule has 1 saturated heterocycles. The van der Waals surface area contributed by atoms with Crippen LogP contribution in [-0.2, 0) is 0 Å². The lowest BCUT2D eigenvalue weighted by molar-refractivity contribution is -0.0646. The van der Waals surface area contributed by atoms with E-state index in [2.05, 4.69) is 18.7 Å². The van der Waals surface area contributed by atoms with Crippen LogP contribution in [0.5, 0.6) is 5.75 Å².